The van der Waals surface area contributed by atoms with E-state index in [1.54, 1.807) is 27.0 Å². The lowest BCUT2D eigenvalue weighted by atomic mass is 9.95. The van der Waals surface area contributed by atoms with E-state index in [4.69, 9.17) is 9.47 Å². The molecule has 1 aromatic carbocycles. The summed E-state index contributed by atoms with van der Waals surface area (Å²) in [7, 11) is 0. The van der Waals surface area contributed by atoms with E-state index >= 15 is 0 Å². The minimum absolute atomic E-state index is 0.00117. The first kappa shape index (κ1) is 55.1. The largest absolute Gasteiger partial charge is 0.428 e. The molecule has 8 amide bonds. The molecule has 23 heteroatoms. The summed E-state index contributed by atoms with van der Waals surface area (Å²) in [5, 5.41) is 17.8. The Labute approximate surface area is 405 Å². The molecular weight excluding hydrogens is 917 g/mol. The fourth-order valence-corrected chi connectivity index (χ4v) is 9.13. The van der Waals surface area contributed by atoms with E-state index in [-0.39, 0.29) is 62.4 Å². The van der Waals surface area contributed by atoms with Crippen molar-refractivity contribution in [1.29, 1.82) is 0 Å². The summed E-state index contributed by atoms with van der Waals surface area (Å²) in [5.41, 5.74) is 1.50. The summed E-state index contributed by atoms with van der Waals surface area (Å²) in [5.74, 6) is -6.34. The van der Waals surface area contributed by atoms with E-state index < -0.39 is 107 Å². The Morgan fingerprint density at radius 1 is 0.812 bits per heavy atom. The van der Waals surface area contributed by atoms with Crippen molar-refractivity contribution >= 4 is 71.0 Å². The van der Waals surface area contributed by atoms with E-state index in [9.17, 15) is 47.9 Å². The van der Waals surface area contributed by atoms with Gasteiger partial charge in [-0.05, 0) is 37.7 Å². The number of carbonyl (C=O) groups is 10. The second-order valence-electron chi connectivity index (χ2n) is 18.0. The Hall–Kier alpha value is -6.52. The van der Waals surface area contributed by atoms with Gasteiger partial charge >= 0.3 is 11.9 Å². The summed E-state index contributed by atoms with van der Waals surface area (Å²) in [6, 6.07) is 5.37. The number of H-pyrrole nitrogens is 1. The number of esters is 2. The normalized spacial score (nSPS) is 18.5. The number of aromatic nitrogens is 2. The lowest BCUT2D eigenvalue weighted by Gasteiger charge is -2.43. The number of aromatic amines is 1. The number of rotatable bonds is 27. The van der Waals surface area contributed by atoms with Gasteiger partial charge in [0.15, 0.2) is 0 Å². The topological polar surface area (TPSA) is 305 Å². The van der Waals surface area contributed by atoms with Gasteiger partial charge in [-0.2, -0.15) is 0 Å². The number of imidazole rings is 1. The van der Waals surface area contributed by atoms with Crippen LogP contribution < -0.4 is 37.2 Å². The van der Waals surface area contributed by atoms with Crippen molar-refractivity contribution in [2.24, 2.45) is 17.8 Å². The highest BCUT2D eigenvalue weighted by molar-refractivity contribution is 8.01. The average Bonchev–Trinajstić information content (AvgIpc) is 3.91. The zero-order chi connectivity index (χ0) is 50.8. The third-order valence-corrected chi connectivity index (χ3v) is 13.0. The van der Waals surface area contributed by atoms with Crippen LogP contribution in [0.1, 0.15) is 85.4 Å². The number of ether oxygens (including phenoxy) is 2. The number of nitrogens with zero attached hydrogens (tertiary/aromatic N) is 2. The lowest BCUT2D eigenvalue weighted by Crippen LogP contribution is -2.70. The fraction of sp³-hybridized carbons (Fsp3) is 0.587. The van der Waals surface area contributed by atoms with Gasteiger partial charge in [0.2, 0.25) is 54.1 Å². The van der Waals surface area contributed by atoms with Gasteiger partial charge in [-0.3, -0.25) is 43.2 Å². The molecule has 0 spiro atoms. The number of fused-ring (bicyclic) bond motifs is 1. The molecule has 2 fully saturated rings. The highest BCUT2D eigenvalue weighted by Crippen LogP contribution is 2.51. The number of β-lactam (4-membered cyclic amide) rings is 1. The highest BCUT2D eigenvalue weighted by Gasteiger charge is 2.64. The number of thioether (sulfide) groups is 1. The van der Waals surface area contributed by atoms with E-state index in [1.165, 1.54) is 23.0 Å². The van der Waals surface area contributed by atoms with Gasteiger partial charge in [-0.25, -0.2) is 9.78 Å². The van der Waals surface area contributed by atoms with E-state index in [0.29, 0.717) is 18.5 Å². The molecule has 0 saturated carbocycles. The second kappa shape index (κ2) is 26.3. The molecule has 7 atom stereocenters. The molecule has 2 aromatic rings. The Morgan fingerprint density at radius 3 is 2.13 bits per heavy atom. The van der Waals surface area contributed by atoms with Gasteiger partial charge < -0.3 is 56.6 Å². The van der Waals surface area contributed by atoms with Crippen molar-refractivity contribution < 1.29 is 57.4 Å². The molecule has 378 valence electrons. The molecule has 4 rings (SSSR count). The molecule has 69 heavy (non-hydrogen) atoms. The molecule has 3 heterocycles. The third-order valence-electron chi connectivity index (χ3n) is 11.5. The first-order chi connectivity index (χ1) is 32.7. The molecule has 8 N–H and O–H groups in total. The Kier molecular flexibility index (Phi) is 21.0. The maximum absolute atomic E-state index is 13.5. The van der Waals surface area contributed by atoms with Crippen molar-refractivity contribution in [2.75, 3.05) is 33.0 Å². The molecular formula is C46H66N10O12S. The van der Waals surface area contributed by atoms with Crippen molar-refractivity contribution in [3.63, 3.8) is 0 Å². The van der Waals surface area contributed by atoms with Crippen LogP contribution in [0.2, 0.25) is 0 Å². The number of benzene rings is 1. The van der Waals surface area contributed by atoms with Crippen LogP contribution in [0, 0.1) is 17.8 Å². The van der Waals surface area contributed by atoms with Crippen LogP contribution in [0.15, 0.2) is 42.9 Å². The Morgan fingerprint density at radius 2 is 1.48 bits per heavy atom. The minimum Gasteiger partial charge on any atom is -0.428 e. The lowest BCUT2D eigenvalue weighted by molar-refractivity contribution is -0.176. The number of nitrogens with one attached hydrogen (secondary N) is 8. The summed E-state index contributed by atoms with van der Waals surface area (Å²) >= 11 is 1.35. The number of carbonyl (C=O) groups excluding carboxylic acids is 10. The van der Waals surface area contributed by atoms with Crippen LogP contribution in [0.25, 0.3) is 0 Å². The maximum Gasteiger partial charge on any atom is 0.333 e. The molecule has 0 bridgehead atoms. The van der Waals surface area contributed by atoms with E-state index in [0.717, 1.165) is 5.56 Å². The summed E-state index contributed by atoms with van der Waals surface area (Å²) in [4.78, 5) is 136. The zero-order valence-electron chi connectivity index (χ0n) is 40.1. The van der Waals surface area contributed by atoms with Gasteiger partial charge in [0.1, 0.15) is 29.5 Å². The predicted octanol–water partition coefficient (Wildman–Crippen LogP) is -0.271. The van der Waals surface area contributed by atoms with Crippen molar-refractivity contribution in [2.45, 2.75) is 121 Å². The summed E-state index contributed by atoms with van der Waals surface area (Å²) < 4.78 is 9.39. The number of hydrogen-bond acceptors (Lipinski definition) is 14. The monoisotopic (exact) mass is 982 g/mol. The summed E-state index contributed by atoms with van der Waals surface area (Å²) in [6.07, 6.45) is 3.91. The SMILES string of the molecule is CCC(C)[C@H](NC(=O)[C@@H](C)Cc1c[nH]cn1)C(=O)N[C@@H](CC(C)C)C(=O)NCC(=O)NCC(=O)NCCNC(=O)CCC(=O)OCOC(=O)[C@@H]1N2C(=O)[C@@H](NC(=O)Cc3ccccc3)[C@H]2SC1(C)C. The van der Waals surface area contributed by atoms with E-state index in [2.05, 4.69) is 47.2 Å². The Balaban J connectivity index is 1.07. The first-order valence-corrected chi connectivity index (χ1v) is 23.9. The number of amides is 8. The van der Waals surface area contributed by atoms with Crippen molar-refractivity contribution in [1.82, 2.24) is 52.1 Å². The third kappa shape index (κ3) is 16.9. The smallest absolute Gasteiger partial charge is 0.333 e. The Bertz CT molecular complexity index is 2140. The zero-order valence-corrected chi connectivity index (χ0v) is 41.0. The van der Waals surface area contributed by atoms with Crippen LogP contribution in [-0.2, 0) is 70.3 Å². The molecule has 0 aliphatic carbocycles. The second-order valence-corrected chi connectivity index (χ2v) is 19.8. The van der Waals surface area contributed by atoms with Crippen LogP contribution in [0.5, 0.6) is 0 Å². The number of hydrogen-bond donors (Lipinski definition) is 8. The maximum atomic E-state index is 13.5. The van der Waals surface area contributed by atoms with Crippen LogP contribution in [0.3, 0.4) is 0 Å². The van der Waals surface area contributed by atoms with Gasteiger partial charge in [-0.15, -0.1) is 11.8 Å². The molecule has 22 nitrogen and oxygen atoms in total. The predicted molar refractivity (Wildman–Crippen MR) is 251 cm³/mol. The van der Waals surface area contributed by atoms with Crippen LogP contribution >= 0.6 is 11.8 Å². The molecule has 1 aromatic heterocycles. The van der Waals surface area contributed by atoms with Crippen LogP contribution in [0.4, 0.5) is 0 Å². The molecule has 2 saturated heterocycles. The van der Waals surface area contributed by atoms with Crippen LogP contribution in [-0.4, -0.2) is 141 Å². The molecule has 1 unspecified atom stereocenters. The van der Waals surface area contributed by atoms with Crippen molar-refractivity contribution in [3.8, 4) is 0 Å². The van der Waals surface area contributed by atoms with Gasteiger partial charge in [0, 0.05) is 42.8 Å². The fourth-order valence-electron chi connectivity index (χ4n) is 7.51. The highest BCUT2D eigenvalue weighted by atomic mass is 32.2. The van der Waals surface area contributed by atoms with E-state index in [1.807, 2.05) is 58.0 Å². The standard InChI is InChI=1S/C46H66N10O12S/c1-8-27(4)37(55-40(62)28(5)19-30-21-47-24-52-30)42(64)53-31(18-26(2)3)41(63)51-23-35(60)50-22-34(59)49-17-16-48-32(57)14-15-36(61)67-25-68-45(66)39-46(6,7)69-44-38(43(65)56(39)44)54-33(58)20-29-12-10-9-11-13-29/h9-13,21,24,26-28,31,37-39,44H,8,14-20,22-23,25H2,1-7H3,(H,47,52)(H,48,57)(H,49,59)(H,50,60)(H,51,63)(H,53,64)(H,54,58)(H,55,62)/t27?,28-,31-,37-,38+,39-,44+/m0/s1. The minimum atomic E-state index is -1.01. The average molecular weight is 983 g/mol. The van der Waals surface area contributed by atoms with Gasteiger partial charge in [-0.1, -0.05) is 71.4 Å². The summed E-state index contributed by atoms with van der Waals surface area (Å²) in [6.45, 7) is 11.1. The molecule has 2 aliphatic rings. The van der Waals surface area contributed by atoms with Crippen molar-refractivity contribution in [3.05, 3.63) is 54.1 Å². The molecule has 0 radical (unpaired) electrons. The first-order valence-electron chi connectivity index (χ1n) is 23.0. The van der Waals surface area contributed by atoms with Gasteiger partial charge in [0.25, 0.3) is 0 Å². The molecule has 2 aliphatic heterocycles. The quantitative estimate of drug-likeness (QED) is 0.0248. The van der Waals surface area contributed by atoms with Gasteiger partial charge in [0.05, 0.1) is 38.0 Å².